The SMILES string of the molecule is N#Cc1ccc(-c2ccc(C3=NCC4=C3Cc3sccc34)cc2)cc1. The Balaban J connectivity index is 1.45. The van der Waals surface area contributed by atoms with E-state index in [1.54, 1.807) is 0 Å². The van der Waals surface area contributed by atoms with E-state index in [9.17, 15) is 0 Å². The lowest BCUT2D eigenvalue weighted by Gasteiger charge is -2.07. The molecule has 2 heterocycles. The maximum absolute atomic E-state index is 8.91. The fourth-order valence-electron chi connectivity index (χ4n) is 3.66. The molecule has 0 saturated heterocycles. The summed E-state index contributed by atoms with van der Waals surface area (Å²) < 4.78 is 0. The number of aliphatic imine (C=N–C) groups is 1. The van der Waals surface area contributed by atoms with E-state index in [0.29, 0.717) is 5.56 Å². The Labute approximate surface area is 150 Å². The maximum Gasteiger partial charge on any atom is 0.0991 e. The van der Waals surface area contributed by atoms with E-state index in [1.807, 2.05) is 35.6 Å². The fourth-order valence-corrected chi connectivity index (χ4v) is 4.57. The van der Waals surface area contributed by atoms with Crippen molar-refractivity contribution in [3.8, 4) is 17.2 Å². The van der Waals surface area contributed by atoms with Crippen molar-refractivity contribution >= 4 is 22.6 Å². The van der Waals surface area contributed by atoms with E-state index in [4.69, 9.17) is 10.3 Å². The van der Waals surface area contributed by atoms with Gasteiger partial charge in [0.15, 0.2) is 0 Å². The predicted molar refractivity (Wildman–Crippen MR) is 103 cm³/mol. The van der Waals surface area contributed by atoms with Crippen LogP contribution >= 0.6 is 11.3 Å². The number of thiophene rings is 1. The van der Waals surface area contributed by atoms with Crippen molar-refractivity contribution in [1.82, 2.24) is 0 Å². The minimum Gasteiger partial charge on any atom is -0.280 e. The number of hydrogen-bond acceptors (Lipinski definition) is 3. The van der Waals surface area contributed by atoms with Crippen LogP contribution in [0.5, 0.6) is 0 Å². The molecule has 0 amide bonds. The molecule has 0 radical (unpaired) electrons. The lowest BCUT2D eigenvalue weighted by atomic mass is 9.97. The zero-order valence-corrected chi connectivity index (χ0v) is 14.3. The van der Waals surface area contributed by atoms with Crippen LogP contribution in [-0.2, 0) is 6.42 Å². The summed E-state index contributed by atoms with van der Waals surface area (Å²) >= 11 is 1.85. The highest BCUT2D eigenvalue weighted by Gasteiger charge is 2.29. The molecule has 3 aromatic rings. The maximum atomic E-state index is 8.91. The van der Waals surface area contributed by atoms with Gasteiger partial charge in [-0.05, 0) is 51.4 Å². The molecule has 25 heavy (non-hydrogen) atoms. The van der Waals surface area contributed by atoms with Gasteiger partial charge in [-0.1, -0.05) is 36.4 Å². The van der Waals surface area contributed by atoms with Crippen LogP contribution in [0.25, 0.3) is 16.7 Å². The van der Waals surface area contributed by atoms with Gasteiger partial charge in [0.05, 0.1) is 23.9 Å². The van der Waals surface area contributed by atoms with Gasteiger partial charge < -0.3 is 0 Å². The molecule has 2 nitrogen and oxygen atoms in total. The molecule has 0 unspecified atom stereocenters. The van der Waals surface area contributed by atoms with Gasteiger partial charge in [0, 0.05) is 16.9 Å². The molecule has 0 spiro atoms. The largest absolute Gasteiger partial charge is 0.280 e. The standard InChI is InChI=1S/C22H14N2S/c23-12-14-1-3-15(4-2-14)16-5-7-17(8-6-16)22-19-11-21-18(9-10-25-21)20(19)13-24-22/h1-10H,11,13H2. The normalized spacial score (nSPS) is 14.9. The fraction of sp³-hybridized carbons (Fsp3) is 0.0909. The highest BCUT2D eigenvalue weighted by Crippen LogP contribution is 2.41. The van der Waals surface area contributed by atoms with E-state index < -0.39 is 0 Å². The zero-order chi connectivity index (χ0) is 16.8. The van der Waals surface area contributed by atoms with Crippen LogP contribution in [0.15, 0.2) is 70.5 Å². The van der Waals surface area contributed by atoms with Gasteiger partial charge in [0.25, 0.3) is 0 Å². The molecule has 0 atom stereocenters. The van der Waals surface area contributed by atoms with Crippen LogP contribution in [0.2, 0.25) is 0 Å². The molecule has 0 fully saturated rings. The first kappa shape index (κ1) is 14.4. The van der Waals surface area contributed by atoms with Crippen molar-refractivity contribution in [2.45, 2.75) is 6.42 Å². The molecule has 1 aliphatic heterocycles. The Morgan fingerprint density at radius 1 is 0.840 bits per heavy atom. The predicted octanol–water partition coefficient (Wildman–Crippen LogP) is 5.10. The Kier molecular flexibility index (Phi) is 3.19. The first-order chi connectivity index (χ1) is 12.3. The van der Waals surface area contributed by atoms with Crippen molar-refractivity contribution in [3.05, 3.63) is 87.1 Å². The molecule has 0 bridgehead atoms. The minimum absolute atomic E-state index is 0.689. The van der Waals surface area contributed by atoms with Gasteiger partial charge in [0.2, 0.25) is 0 Å². The summed E-state index contributed by atoms with van der Waals surface area (Å²) in [6, 6.07) is 20.7. The Morgan fingerprint density at radius 2 is 1.52 bits per heavy atom. The summed E-state index contributed by atoms with van der Waals surface area (Å²) in [4.78, 5) is 6.28. The van der Waals surface area contributed by atoms with Gasteiger partial charge in [-0.2, -0.15) is 5.26 Å². The molecule has 3 heteroatoms. The number of hydrogen-bond donors (Lipinski definition) is 0. The van der Waals surface area contributed by atoms with Crippen LogP contribution in [-0.4, -0.2) is 12.3 Å². The number of fused-ring (bicyclic) bond motifs is 2. The van der Waals surface area contributed by atoms with Gasteiger partial charge >= 0.3 is 0 Å². The topological polar surface area (TPSA) is 36.1 Å². The Morgan fingerprint density at radius 3 is 2.24 bits per heavy atom. The smallest absolute Gasteiger partial charge is 0.0991 e. The van der Waals surface area contributed by atoms with Crippen LogP contribution < -0.4 is 0 Å². The first-order valence-corrected chi connectivity index (χ1v) is 9.16. The second kappa shape index (κ2) is 5.54. The lowest BCUT2D eigenvalue weighted by molar-refractivity contribution is 1.27. The summed E-state index contributed by atoms with van der Waals surface area (Å²) in [5.74, 6) is 0. The molecule has 2 aliphatic rings. The van der Waals surface area contributed by atoms with Gasteiger partial charge in [-0.15, -0.1) is 11.3 Å². The van der Waals surface area contributed by atoms with Crippen molar-refractivity contribution in [2.24, 2.45) is 4.99 Å². The van der Waals surface area contributed by atoms with E-state index in [2.05, 4.69) is 41.8 Å². The Bertz CT molecular complexity index is 1070. The van der Waals surface area contributed by atoms with Gasteiger partial charge in [-0.3, -0.25) is 4.99 Å². The molecule has 118 valence electrons. The van der Waals surface area contributed by atoms with Crippen molar-refractivity contribution in [2.75, 3.05) is 6.54 Å². The van der Waals surface area contributed by atoms with E-state index >= 15 is 0 Å². The quantitative estimate of drug-likeness (QED) is 0.640. The molecule has 2 aromatic carbocycles. The van der Waals surface area contributed by atoms with E-state index in [-0.39, 0.29) is 0 Å². The average molecular weight is 338 g/mol. The Hall–Kier alpha value is -2.96. The van der Waals surface area contributed by atoms with Crippen molar-refractivity contribution < 1.29 is 0 Å². The lowest BCUT2D eigenvalue weighted by Crippen LogP contribution is -2.03. The van der Waals surface area contributed by atoms with Gasteiger partial charge in [0.1, 0.15) is 0 Å². The summed E-state index contributed by atoms with van der Waals surface area (Å²) in [5, 5.41) is 11.1. The van der Waals surface area contributed by atoms with Crippen LogP contribution in [0.4, 0.5) is 0 Å². The number of nitrogens with zero attached hydrogens (tertiary/aromatic N) is 2. The van der Waals surface area contributed by atoms with Crippen LogP contribution in [0.1, 0.15) is 21.6 Å². The summed E-state index contributed by atoms with van der Waals surface area (Å²) in [7, 11) is 0. The molecule has 1 aromatic heterocycles. The highest BCUT2D eigenvalue weighted by molar-refractivity contribution is 7.10. The molecule has 5 rings (SSSR count). The molecular weight excluding hydrogens is 324 g/mol. The molecule has 0 saturated carbocycles. The number of allylic oxidation sites excluding steroid dienone is 1. The summed E-state index contributed by atoms with van der Waals surface area (Å²) in [5.41, 5.74) is 9.56. The average Bonchev–Trinajstić information content (AvgIpc) is 3.35. The van der Waals surface area contributed by atoms with E-state index in [0.717, 1.165) is 29.8 Å². The number of rotatable bonds is 2. The molecule has 0 N–H and O–H groups in total. The van der Waals surface area contributed by atoms with Gasteiger partial charge in [-0.25, -0.2) is 0 Å². The van der Waals surface area contributed by atoms with Crippen LogP contribution in [0.3, 0.4) is 0 Å². The molecular formula is C22H14N2S. The van der Waals surface area contributed by atoms with E-state index in [1.165, 1.54) is 27.2 Å². The second-order valence-electron chi connectivity index (χ2n) is 6.32. The monoisotopic (exact) mass is 338 g/mol. The second-order valence-corrected chi connectivity index (χ2v) is 7.32. The highest BCUT2D eigenvalue weighted by atomic mass is 32.1. The summed E-state index contributed by atoms with van der Waals surface area (Å²) in [6.07, 6.45) is 1.03. The van der Waals surface area contributed by atoms with Crippen molar-refractivity contribution in [3.63, 3.8) is 0 Å². The minimum atomic E-state index is 0.689. The van der Waals surface area contributed by atoms with Crippen LogP contribution in [0, 0.1) is 11.3 Å². The molecule has 1 aliphatic carbocycles. The third-order valence-electron chi connectivity index (χ3n) is 4.96. The third-order valence-corrected chi connectivity index (χ3v) is 5.88. The van der Waals surface area contributed by atoms with Crippen molar-refractivity contribution in [1.29, 1.82) is 5.26 Å². The third kappa shape index (κ3) is 2.26. The summed E-state index contributed by atoms with van der Waals surface area (Å²) in [6.45, 7) is 0.811. The number of benzene rings is 2. The first-order valence-electron chi connectivity index (χ1n) is 8.28. The zero-order valence-electron chi connectivity index (χ0n) is 13.5. The number of nitriles is 1.